The molecule has 0 aliphatic heterocycles. The molecule has 1 saturated carbocycles. The summed E-state index contributed by atoms with van der Waals surface area (Å²) in [5.74, 6) is 0.501. The Balaban J connectivity index is 2.01. The molecule has 18 heavy (non-hydrogen) atoms. The van der Waals surface area contributed by atoms with Crippen molar-refractivity contribution >= 4 is 22.8 Å². The second-order valence-corrected chi connectivity index (χ2v) is 5.12. The van der Waals surface area contributed by atoms with E-state index in [4.69, 9.17) is 16.7 Å². The van der Waals surface area contributed by atoms with Gasteiger partial charge >= 0.3 is 0 Å². The molecule has 0 aromatic carbocycles. The van der Waals surface area contributed by atoms with Crippen molar-refractivity contribution < 1.29 is 5.11 Å². The van der Waals surface area contributed by atoms with Gasteiger partial charge in [-0.1, -0.05) is 18.0 Å². The number of halogens is 1. The van der Waals surface area contributed by atoms with Crippen LogP contribution in [0.15, 0.2) is 12.7 Å². The Morgan fingerprint density at radius 1 is 1.33 bits per heavy atom. The number of nitrogens with zero attached hydrogens (tertiary/aromatic N) is 4. The lowest BCUT2D eigenvalue weighted by molar-refractivity contribution is 0.236. The summed E-state index contributed by atoms with van der Waals surface area (Å²) in [6.07, 6.45) is 7.56. The van der Waals surface area contributed by atoms with Crippen LogP contribution in [0, 0.1) is 5.92 Å². The first kappa shape index (κ1) is 11.9. The number of hydrogen-bond donors (Lipinski definition) is 1. The fourth-order valence-electron chi connectivity index (χ4n) is 2.95. The predicted octanol–water partition coefficient (Wildman–Crippen LogP) is 2.20. The molecule has 1 aliphatic rings. The molecular formula is C12H15ClN4O. The highest BCUT2D eigenvalue weighted by molar-refractivity contribution is 6.33. The zero-order valence-electron chi connectivity index (χ0n) is 9.96. The van der Waals surface area contributed by atoms with Gasteiger partial charge < -0.3 is 9.67 Å². The average Bonchev–Trinajstić information content (AvgIpc) is 2.96. The molecule has 1 aliphatic carbocycles. The molecule has 3 rings (SSSR count). The number of fused-ring (bicyclic) bond motifs is 1. The van der Waals surface area contributed by atoms with Crippen molar-refractivity contribution in [2.45, 2.75) is 31.7 Å². The van der Waals surface area contributed by atoms with Crippen LogP contribution in [0.25, 0.3) is 11.2 Å². The highest BCUT2D eigenvalue weighted by Gasteiger charge is 2.29. The van der Waals surface area contributed by atoms with Crippen molar-refractivity contribution in [2.75, 3.05) is 6.61 Å². The molecule has 0 radical (unpaired) electrons. The number of rotatable bonds is 3. The number of aliphatic hydroxyl groups is 1. The summed E-state index contributed by atoms with van der Waals surface area (Å²) in [7, 11) is 0. The zero-order chi connectivity index (χ0) is 12.5. The monoisotopic (exact) mass is 266 g/mol. The molecule has 0 amide bonds. The van der Waals surface area contributed by atoms with Crippen LogP contribution in [0.3, 0.4) is 0 Å². The predicted molar refractivity (Wildman–Crippen MR) is 68.4 cm³/mol. The maximum Gasteiger partial charge on any atom is 0.165 e. The van der Waals surface area contributed by atoms with Crippen LogP contribution in [0.1, 0.15) is 31.7 Å². The molecule has 2 aromatic rings. The van der Waals surface area contributed by atoms with Gasteiger partial charge in [0.05, 0.1) is 6.33 Å². The summed E-state index contributed by atoms with van der Waals surface area (Å²) >= 11 is 6.01. The lowest BCUT2D eigenvalue weighted by Gasteiger charge is -2.20. The fraction of sp³-hybridized carbons (Fsp3) is 0.583. The van der Waals surface area contributed by atoms with Gasteiger partial charge in [0.25, 0.3) is 0 Å². The smallest absolute Gasteiger partial charge is 0.165 e. The third-order valence-corrected chi connectivity index (χ3v) is 4.07. The molecule has 2 heterocycles. The number of hydrogen-bond acceptors (Lipinski definition) is 4. The second kappa shape index (κ2) is 4.82. The van der Waals surface area contributed by atoms with E-state index in [1.807, 2.05) is 0 Å². The Morgan fingerprint density at radius 3 is 3.06 bits per heavy atom. The Morgan fingerprint density at radius 2 is 2.22 bits per heavy atom. The minimum Gasteiger partial charge on any atom is -0.396 e. The van der Waals surface area contributed by atoms with Crippen LogP contribution < -0.4 is 0 Å². The standard InChI is InChI=1S/C12H15ClN4O/c13-11-10-12(15-6-14-11)17(7-16-10)9-3-1-2-8(9)4-5-18/h6-9,18H,1-5H2/t8-,9+/m0/s1. The van der Waals surface area contributed by atoms with E-state index in [0.717, 1.165) is 24.9 Å². The summed E-state index contributed by atoms with van der Waals surface area (Å²) in [6.45, 7) is 0.240. The van der Waals surface area contributed by atoms with E-state index in [1.54, 1.807) is 6.33 Å². The molecule has 2 aromatic heterocycles. The molecule has 2 atom stereocenters. The Labute approximate surface area is 110 Å². The minimum absolute atomic E-state index is 0.240. The van der Waals surface area contributed by atoms with Gasteiger partial charge in [0.2, 0.25) is 0 Å². The molecule has 96 valence electrons. The molecule has 1 fully saturated rings. The van der Waals surface area contributed by atoms with Gasteiger partial charge in [-0.25, -0.2) is 15.0 Å². The van der Waals surface area contributed by atoms with Gasteiger partial charge in [-0.2, -0.15) is 0 Å². The van der Waals surface area contributed by atoms with E-state index in [9.17, 15) is 0 Å². The van der Waals surface area contributed by atoms with Gasteiger partial charge in [0.1, 0.15) is 11.8 Å². The van der Waals surface area contributed by atoms with Crippen LogP contribution >= 0.6 is 11.6 Å². The van der Waals surface area contributed by atoms with Gasteiger partial charge in [0.15, 0.2) is 10.8 Å². The Kier molecular flexibility index (Phi) is 3.18. The van der Waals surface area contributed by atoms with Gasteiger partial charge in [-0.05, 0) is 25.2 Å². The van der Waals surface area contributed by atoms with Gasteiger partial charge in [-0.3, -0.25) is 0 Å². The lowest BCUT2D eigenvalue weighted by Crippen LogP contribution is -2.15. The van der Waals surface area contributed by atoms with Crippen LogP contribution in [0.5, 0.6) is 0 Å². The minimum atomic E-state index is 0.240. The van der Waals surface area contributed by atoms with Gasteiger partial charge in [-0.15, -0.1) is 0 Å². The molecule has 0 spiro atoms. The van der Waals surface area contributed by atoms with E-state index in [1.165, 1.54) is 12.7 Å². The maximum atomic E-state index is 9.13. The van der Waals surface area contributed by atoms with E-state index < -0.39 is 0 Å². The fourth-order valence-corrected chi connectivity index (χ4v) is 3.13. The number of aliphatic hydroxyl groups excluding tert-OH is 1. The summed E-state index contributed by atoms with van der Waals surface area (Å²) in [5, 5.41) is 9.53. The van der Waals surface area contributed by atoms with Crippen molar-refractivity contribution in [1.29, 1.82) is 0 Å². The molecule has 1 N–H and O–H groups in total. The van der Waals surface area contributed by atoms with Crippen LogP contribution in [0.4, 0.5) is 0 Å². The second-order valence-electron chi connectivity index (χ2n) is 4.76. The van der Waals surface area contributed by atoms with E-state index >= 15 is 0 Å². The third-order valence-electron chi connectivity index (χ3n) is 3.79. The summed E-state index contributed by atoms with van der Waals surface area (Å²) in [6, 6.07) is 0.369. The van der Waals surface area contributed by atoms with Crippen LogP contribution in [-0.4, -0.2) is 31.2 Å². The summed E-state index contributed by atoms with van der Waals surface area (Å²) in [5.41, 5.74) is 1.46. The summed E-state index contributed by atoms with van der Waals surface area (Å²) < 4.78 is 2.09. The van der Waals surface area contributed by atoms with E-state index in [-0.39, 0.29) is 6.61 Å². The van der Waals surface area contributed by atoms with E-state index in [0.29, 0.717) is 22.6 Å². The largest absolute Gasteiger partial charge is 0.396 e. The molecule has 0 unspecified atom stereocenters. The van der Waals surface area contributed by atoms with Crippen LogP contribution in [0.2, 0.25) is 5.15 Å². The van der Waals surface area contributed by atoms with Crippen LogP contribution in [-0.2, 0) is 0 Å². The highest BCUT2D eigenvalue weighted by Crippen LogP contribution is 2.39. The molecule has 6 heteroatoms. The lowest BCUT2D eigenvalue weighted by atomic mass is 10.00. The molecule has 0 bridgehead atoms. The molecular weight excluding hydrogens is 252 g/mol. The van der Waals surface area contributed by atoms with Crippen molar-refractivity contribution in [3.05, 3.63) is 17.8 Å². The third kappa shape index (κ3) is 1.87. The SMILES string of the molecule is OCC[C@@H]1CCC[C@H]1n1cnc2c(Cl)ncnc21. The topological polar surface area (TPSA) is 63.8 Å². The zero-order valence-corrected chi connectivity index (χ0v) is 10.7. The van der Waals surface area contributed by atoms with Crippen molar-refractivity contribution in [3.63, 3.8) is 0 Å². The summed E-state index contributed by atoms with van der Waals surface area (Å²) in [4.78, 5) is 12.5. The first-order valence-corrected chi connectivity index (χ1v) is 6.63. The maximum absolute atomic E-state index is 9.13. The van der Waals surface area contributed by atoms with Gasteiger partial charge in [0, 0.05) is 12.6 Å². The van der Waals surface area contributed by atoms with Crippen molar-refractivity contribution in [2.24, 2.45) is 5.92 Å². The highest BCUT2D eigenvalue weighted by atomic mass is 35.5. The molecule has 5 nitrogen and oxygen atoms in total. The number of aromatic nitrogens is 4. The first-order chi connectivity index (χ1) is 8.81. The molecule has 0 saturated heterocycles. The normalized spacial score (nSPS) is 23.9. The van der Waals surface area contributed by atoms with Crippen molar-refractivity contribution in [3.8, 4) is 0 Å². The Hall–Kier alpha value is -1.20. The van der Waals surface area contributed by atoms with E-state index in [2.05, 4.69) is 19.5 Å². The number of imidazole rings is 1. The first-order valence-electron chi connectivity index (χ1n) is 6.25. The van der Waals surface area contributed by atoms with Crippen molar-refractivity contribution in [1.82, 2.24) is 19.5 Å². The quantitative estimate of drug-likeness (QED) is 0.865. The average molecular weight is 267 g/mol. The Bertz CT molecular complexity index is 556.